The van der Waals surface area contributed by atoms with Gasteiger partial charge in [-0.15, -0.1) is 0 Å². The molecule has 68 valence electrons. The van der Waals surface area contributed by atoms with Crippen LogP contribution < -0.4 is 0 Å². The molecule has 0 heteroatoms. The molecule has 1 aromatic carbocycles. The van der Waals surface area contributed by atoms with E-state index in [1.807, 2.05) is 12.2 Å². The molecule has 0 aromatic heterocycles. The second-order valence-corrected chi connectivity index (χ2v) is 3.09. The predicted octanol–water partition coefficient (Wildman–Crippen LogP) is 3.76. The minimum absolute atomic E-state index is 1.09. The molecule has 1 aromatic rings. The number of rotatable bonds is 3. The van der Waals surface area contributed by atoms with Gasteiger partial charge in [-0.05, 0) is 30.0 Å². The number of hydrogen-bond donors (Lipinski definition) is 0. The standard InChI is InChI=1S/C13H16/c1-4-6-9-12-10-7-8-11(3)13(12)5-2/h4,6-10H,1,5H2,2-3H3/b9-6-. The maximum Gasteiger partial charge on any atom is -0.0222 e. The normalized spacial score (nSPS) is 10.6. The number of hydrogen-bond acceptors (Lipinski definition) is 0. The maximum atomic E-state index is 3.67. The first-order valence-electron chi connectivity index (χ1n) is 4.67. The molecule has 0 aliphatic heterocycles. The summed E-state index contributed by atoms with van der Waals surface area (Å²) in [5.74, 6) is 0. The fourth-order valence-corrected chi connectivity index (χ4v) is 1.54. The van der Waals surface area contributed by atoms with E-state index in [4.69, 9.17) is 0 Å². The highest BCUT2D eigenvalue weighted by atomic mass is 14.0. The Kier molecular flexibility index (Phi) is 3.51. The van der Waals surface area contributed by atoms with Crippen molar-refractivity contribution in [1.82, 2.24) is 0 Å². The summed E-state index contributed by atoms with van der Waals surface area (Å²) >= 11 is 0. The van der Waals surface area contributed by atoms with Crippen LogP contribution in [0.3, 0.4) is 0 Å². The molecule has 0 heterocycles. The number of aryl methyl sites for hydroxylation is 1. The van der Waals surface area contributed by atoms with E-state index in [-0.39, 0.29) is 0 Å². The van der Waals surface area contributed by atoms with Crippen molar-refractivity contribution in [3.63, 3.8) is 0 Å². The van der Waals surface area contributed by atoms with Gasteiger partial charge in [0.1, 0.15) is 0 Å². The largest absolute Gasteiger partial charge is 0.0991 e. The van der Waals surface area contributed by atoms with Gasteiger partial charge in [-0.3, -0.25) is 0 Å². The first-order chi connectivity index (χ1) is 6.29. The van der Waals surface area contributed by atoms with Crippen molar-refractivity contribution in [1.29, 1.82) is 0 Å². The van der Waals surface area contributed by atoms with Crippen LogP contribution in [0.5, 0.6) is 0 Å². The van der Waals surface area contributed by atoms with Crippen LogP contribution >= 0.6 is 0 Å². The molecule has 0 N–H and O–H groups in total. The molecule has 0 nitrogen and oxygen atoms in total. The summed E-state index contributed by atoms with van der Waals surface area (Å²) < 4.78 is 0. The summed E-state index contributed by atoms with van der Waals surface area (Å²) in [5.41, 5.74) is 4.11. The molecule has 13 heavy (non-hydrogen) atoms. The van der Waals surface area contributed by atoms with Gasteiger partial charge in [-0.1, -0.05) is 49.9 Å². The fraction of sp³-hybridized carbons (Fsp3) is 0.231. The Bertz CT molecular complexity index is 319. The fourth-order valence-electron chi connectivity index (χ4n) is 1.54. The smallest absolute Gasteiger partial charge is 0.0222 e. The minimum atomic E-state index is 1.09. The van der Waals surface area contributed by atoms with E-state index in [1.54, 1.807) is 0 Å². The van der Waals surface area contributed by atoms with Gasteiger partial charge < -0.3 is 0 Å². The molecule has 0 saturated carbocycles. The lowest BCUT2D eigenvalue weighted by Crippen LogP contribution is -1.89. The lowest BCUT2D eigenvalue weighted by molar-refractivity contribution is 1.10. The van der Waals surface area contributed by atoms with Crippen molar-refractivity contribution in [2.45, 2.75) is 20.3 Å². The Morgan fingerprint density at radius 3 is 2.77 bits per heavy atom. The number of benzene rings is 1. The van der Waals surface area contributed by atoms with Crippen molar-refractivity contribution in [2.24, 2.45) is 0 Å². The van der Waals surface area contributed by atoms with E-state index in [0.29, 0.717) is 0 Å². The van der Waals surface area contributed by atoms with Crippen LogP contribution in [-0.2, 0) is 6.42 Å². The van der Waals surface area contributed by atoms with Crippen LogP contribution in [0.2, 0.25) is 0 Å². The molecule has 0 aliphatic carbocycles. The predicted molar refractivity (Wildman–Crippen MR) is 59.8 cm³/mol. The van der Waals surface area contributed by atoms with Gasteiger partial charge in [-0.2, -0.15) is 0 Å². The lowest BCUT2D eigenvalue weighted by atomic mass is 9.99. The molecule has 0 radical (unpaired) electrons. The van der Waals surface area contributed by atoms with Crippen molar-refractivity contribution < 1.29 is 0 Å². The third kappa shape index (κ3) is 2.32. The van der Waals surface area contributed by atoms with E-state index in [0.717, 1.165) is 6.42 Å². The van der Waals surface area contributed by atoms with E-state index in [1.165, 1.54) is 16.7 Å². The highest BCUT2D eigenvalue weighted by Gasteiger charge is 1.98. The van der Waals surface area contributed by atoms with Gasteiger partial charge in [0.2, 0.25) is 0 Å². The van der Waals surface area contributed by atoms with Crippen LogP contribution in [0.15, 0.2) is 36.9 Å². The van der Waals surface area contributed by atoms with E-state index in [2.05, 4.69) is 44.7 Å². The van der Waals surface area contributed by atoms with Crippen LogP contribution in [0.4, 0.5) is 0 Å². The Balaban J connectivity index is 3.12. The Labute approximate surface area is 80.6 Å². The second kappa shape index (κ2) is 4.66. The zero-order chi connectivity index (χ0) is 9.68. The molecule has 0 amide bonds. The monoisotopic (exact) mass is 172 g/mol. The maximum absolute atomic E-state index is 3.67. The first kappa shape index (κ1) is 9.79. The van der Waals surface area contributed by atoms with Crippen molar-refractivity contribution in [3.05, 3.63) is 53.6 Å². The van der Waals surface area contributed by atoms with E-state index < -0.39 is 0 Å². The average Bonchev–Trinajstić information content (AvgIpc) is 2.15. The summed E-state index contributed by atoms with van der Waals surface area (Å²) in [7, 11) is 0. The molecule has 0 unspecified atom stereocenters. The van der Waals surface area contributed by atoms with Gasteiger partial charge in [0.25, 0.3) is 0 Å². The molecule has 0 saturated heterocycles. The quantitative estimate of drug-likeness (QED) is 0.609. The average molecular weight is 172 g/mol. The summed E-state index contributed by atoms with van der Waals surface area (Å²) in [6.45, 7) is 8.01. The summed E-state index contributed by atoms with van der Waals surface area (Å²) in [6, 6.07) is 6.40. The third-order valence-electron chi connectivity index (χ3n) is 2.21. The molecular formula is C13H16. The van der Waals surface area contributed by atoms with Crippen molar-refractivity contribution in [3.8, 4) is 0 Å². The van der Waals surface area contributed by atoms with Gasteiger partial charge >= 0.3 is 0 Å². The first-order valence-corrected chi connectivity index (χ1v) is 4.67. The highest BCUT2D eigenvalue weighted by Crippen LogP contribution is 2.16. The zero-order valence-corrected chi connectivity index (χ0v) is 8.38. The van der Waals surface area contributed by atoms with Crippen molar-refractivity contribution >= 4 is 6.08 Å². The van der Waals surface area contributed by atoms with E-state index >= 15 is 0 Å². The molecule has 0 bridgehead atoms. The molecule has 0 spiro atoms. The van der Waals surface area contributed by atoms with Crippen LogP contribution in [-0.4, -0.2) is 0 Å². The van der Waals surface area contributed by atoms with Crippen LogP contribution in [0, 0.1) is 6.92 Å². The zero-order valence-electron chi connectivity index (χ0n) is 8.38. The van der Waals surface area contributed by atoms with Gasteiger partial charge in [0.05, 0.1) is 0 Å². The van der Waals surface area contributed by atoms with Gasteiger partial charge in [0.15, 0.2) is 0 Å². The third-order valence-corrected chi connectivity index (χ3v) is 2.21. The van der Waals surface area contributed by atoms with Gasteiger partial charge in [0, 0.05) is 0 Å². The van der Waals surface area contributed by atoms with Crippen LogP contribution in [0.25, 0.3) is 6.08 Å². The molecule has 0 aliphatic rings. The molecule has 0 atom stereocenters. The summed E-state index contributed by atoms with van der Waals surface area (Å²) in [4.78, 5) is 0. The Morgan fingerprint density at radius 1 is 1.38 bits per heavy atom. The van der Waals surface area contributed by atoms with Gasteiger partial charge in [-0.25, -0.2) is 0 Å². The topological polar surface area (TPSA) is 0 Å². The minimum Gasteiger partial charge on any atom is -0.0991 e. The molecular weight excluding hydrogens is 156 g/mol. The highest BCUT2D eigenvalue weighted by molar-refractivity contribution is 5.57. The summed E-state index contributed by atoms with van der Waals surface area (Å²) in [6.07, 6.45) is 6.98. The number of allylic oxidation sites excluding steroid dienone is 2. The summed E-state index contributed by atoms with van der Waals surface area (Å²) in [5, 5.41) is 0. The second-order valence-electron chi connectivity index (χ2n) is 3.09. The van der Waals surface area contributed by atoms with Crippen molar-refractivity contribution in [2.75, 3.05) is 0 Å². The lowest BCUT2D eigenvalue weighted by Gasteiger charge is -2.06. The SMILES string of the molecule is C=C/C=C\c1cccc(C)c1CC. The Morgan fingerprint density at radius 2 is 2.15 bits per heavy atom. The van der Waals surface area contributed by atoms with Crippen LogP contribution in [0.1, 0.15) is 23.6 Å². The molecule has 1 rings (SSSR count). The Hall–Kier alpha value is -1.30. The van der Waals surface area contributed by atoms with E-state index in [9.17, 15) is 0 Å². The molecule has 0 fully saturated rings.